The molecule has 0 aromatic carbocycles. The largest absolute Gasteiger partial charge is 0.388 e. The molecule has 0 aliphatic carbocycles. The fraction of sp³-hybridized carbons (Fsp3) is 0.818. The van der Waals surface area contributed by atoms with E-state index < -0.39 is 42.7 Å². The summed E-state index contributed by atoms with van der Waals surface area (Å²) in [6.07, 6.45) is -3.91. The molecule has 2 fully saturated rings. The van der Waals surface area contributed by atoms with Gasteiger partial charge in [0.15, 0.2) is 6.29 Å². The molecule has 0 spiro atoms. The number of carbonyl (C=O) groups is 2. The van der Waals surface area contributed by atoms with Crippen molar-refractivity contribution in [1.82, 2.24) is 5.32 Å². The van der Waals surface area contributed by atoms with Crippen LogP contribution in [0.3, 0.4) is 0 Å². The first kappa shape index (κ1) is 14.2. The van der Waals surface area contributed by atoms with Gasteiger partial charge in [0.05, 0.1) is 6.61 Å². The first-order valence-electron chi connectivity index (χ1n) is 6.07. The second-order valence-corrected chi connectivity index (χ2v) is 4.74. The van der Waals surface area contributed by atoms with Gasteiger partial charge in [0.1, 0.15) is 30.5 Å². The summed E-state index contributed by atoms with van der Waals surface area (Å²) >= 11 is 0. The second kappa shape index (κ2) is 5.41. The highest BCUT2D eigenvalue weighted by Gasteiger charge is 2.51. The lowest BCUT2D eigenvalue weighted by Crippen LogP contribution is -2.62. The Morgan fingerprint density at radius 3 is 2.79 bits per heavy atom. The average molecular weight is 274 g/mol. The van der Waals surface area contributed by atoms with Crippen molar-refractivity contribution in [3.8, 4) is 0 Å². The Balaban J connectivity index is 2.14. The summed E-state index contributed by atoms with van der Waals surface area (Å²) in [7, 11) is 0. The van der Waals surface area contributed by atoms with Crippen LogP contribution in [0.1, 0.15) is 13.8 Å². The number of fused-ring (bicyclic) bond motifs is 2. The minimum Gasteiger partial charge on any atom is -0.388 e. The fourth-order valence-corrected chi connectivity index (χ4v) is 2.24. The summed E-state index contributed by atoms with van der Waals surface area (Å²) in [5, 5.41) is 12.7. The first-order chi connectivity index (χ1) is 8.90. The molecule has 0 aromatic rings. The van der Waals surface area contributed by atoms with Crippen LogP contribution >= 0.6 is 0 Å². The number of rotatable bonds is 4. The smallest absolute Gasteiger partial charge is 0.246 e. The van der Waals surface area contributed by atoms with Crippen LogP contribution in [0.2, 0.25) is 0 Å². The maximum Gasteiger partial charge on any atom is 0.246 e. The van der Waals surface area contributed by atoms with Gasteiger partial charge in [-0.1, -0.05) is 0 Å². The van der Waals surface area contributed by atoms with Crippen LogP contribution in [0.15, 0.2) is 0 Å². The van der Waals surface area contributed by atoms with Crippen molar-refractivity contribution < 1.29 is 28.9 Å². The number of primary amides is 1. The van der Waals surface area contributed by atoms with E-state index in [-0.39, 0.29) is 12.5 Å². The lowest BCUT2D eigenvalue weighted by molar-refractivity contribution is -0.209. The molecular weight excluding hydrogens is 256 g/mol. The summed E-state index contributed by atoms with van der Waals surface area (Å²) in [6, 6.07) is -0.687. The van der Waals surface area contributed by atoms with Crippen LogP contribution in [0.4, 0.5) is 0 Å². The summed E-state index contributed by atoms with van der Waals surface area (Å²) in [5.41, 5.74) is 5.13. The highest BCUT2D eigenvalue weighted by atomic mass is 16.7. The lowest BCUT2D eigenvalue weighted by Gasteiger charge is -2.39. The van der Waals surface area contributed by atoms with E-state index in [1.54, 1.807) is 0 Å². The summed E-state index contributed by atoms with van der Waals surface area (Å²) in [6.45, 7) is 3.03. The Hall–Kier alpha value is -1.22. The van der Waals surface area contributed by atoms with Crippen LogP contribution in [0.5, 0.6) is 0 Å². The van der Waals surface area contributed by atoms with Crippen molar-refractivity contribution in [1.29, 1.82) is 0 Å². The van der Waals surface area contributed by atoms with Gasteiger partial charge in [-0.25, -0.2) is 0 Å². The lowest BCUT2D eigenvalue weighted by atomic mass is 9.98. The number of carbonyl (C=O) groups excluding carboxylic acids is 2. The number of hydrogen-bond donors (Lipinski definition) is 3. The number of ether oxygens (including phenoxy) is 3. The molecule has 2 aliphatic rings. The van der Waals surface area contributed by atoms with Gasteiger partial charge in [0, 0.05) is 6.92 Å². The molecule has 0 unspecified atom stereocenters. The van der Waals surface area contributed by atoms with Crippen LogP contribution in [-0.2, 0) is 23.8 Å². The van der Waals surface area contributed by atoms with Crippen LogP contribution in [-0.4, -0.2) is 60.3 Å². The van der Waals surface area contributed by atoms with Gasteiger partial charge in [0.25, 0.3) is 0 Å². The molecular formula is C11H18N2O6. The second-order valence-electron chi connectivity index (χ2n) is 4.74. The third-order valence-electron chi connectivity index (χ3n) is 3.23. The zero-order chi connectivity index (χ0) is 14.2. The quantitative estimate of drug-likeness (QED) is 0.538. The minimum absolute atomic E-state index is 0.215. The number of amides is 2. The van der Waals surface area contributed by atoms with Crippen molar-refractivity contribution in [2.24, 2.45) is 5.73 Å². The van der Waals surface area contributed by atoms with E-state index in [2.05, 4.69) is 5.32 Å². The molecule has 0 aromatic heterocycles. The molecule has 8 nitrogen and oxygen atoms in total. The van der Waals surface area contributed by atoms with Gasteiger partial charge >= 0.3 is 0 Å². The molecule has 2 aliphatic heterocycles. The molecule has 6 atom stereocenters. The molecule has 0 saturated carbocycles. The number of hydrogen-bond acceptors (Lipinski definition) is 6. The molecule has 2 rings (SSSR count). The topological polar surface area (TPSA) is 120 Å². The van der Waals surface area contributed by atoms with E-state index in [1.165, 1.54) is 13.8 Å². The number of aliphatic hydroxyl groups excluding tert-OH is 1. The fourth-order valence-electron chi connectivity index (χ4n) is 2.24. The zero-order valence-electron chi connectivity index (χ0n) is 10.7. The summed E-state index contributed by atoms with van der Waals surface area (Å²) in [5.74, 6) is -0.955. The van der Waals surface area contributed by atoms with Gasteiger partial charge in [0.2, 0.25) is 11.8 Å². The van der Waals surface area contributed by atoms with E-state index >= 15 is 0 Å². The number of nitrogens with two attached hydrogens (primary N) is 1. The Bertz CT molecular complexity index is 376. The van der Waals surface area contributed by atoms with Gasteiger partial charge in [-0.2, -0.15) is 0 Å². The normalized spacial score (nSPS) is 38.8. The van der Waals surface area contributed by atoms with Gasteiger partial charge in [-0.15, -0.1) is 0 Å². The van der Waals surface area contributed by atoms with E-state index in [0.29, 0.717) is 0 Å². The van der Waals surface area contributed by atoms with Gasteiger partial charge in [-0.3, -0.25) is 9.59 Å². The molecule has 0 radical (unpaired) electrons. The van der Waals surface area contributed by atoms with Gasteiger partial charge in [-0.05, 0) is 6.92 Å². The van der Waals surface area contributed by atoms with Gasteiger partial charge < -0.3 is 30.4 Å². The van der Waals surface area contributed by atoms with Crippen LogP contribution < -0.4 is 11.1 Å². The zero-order valence-corrected chi connectivity index (χ0v) is 10.7. The van der Waals surface area contributed by atoms with Crippen molar-refractivity contribution in [2.45, 2.75) is 50.6 Å². The predicted octanol–water partition coefficient (Wildman–Crippen LogP) is -2.13. The van der Waals surface area contributed by atoms with Crippen molar-refractivity contribution in [2.75, 3.05) is 6.61 Å². The van der Waals surface area contributed by atoms with E-state index in [9.17, 15) is 14.7 Å². The number of nitrogens with one attached hydrogen (secondary N) is 1. The Labute approximate surface area is 110 Å². The predicted molar refractivity (Wildman–Crippen MR) is 61.8 cm³/mol. The van der Waals surface area contributed by atoms with Crippen molar-refractivity contribution >= 4 is 11.8 Å². The monoisotopic (exact) mass is 274 g/mol. The molecule has 19 heavy (non-hydrogen) atoms. The van der Waals surface area contributed by atoms with Crippen LogP contribution in [0.25, 0.3) is 0 Å². The molecule has 2 amide bonds. The standard InChI is InChI=1S/C11H18N2O6/c1-4(10(12)16)18-9-7(13-5(2)14)11-17-3-6(19-11)8(9)15/h4,6-9,11,15H,3H2,1-2H3,(H2,12,16)(H,13,14)/t4-,6-,7-,8-,9-,11-/m1/s1. The van der Waals surface area contributed by atoms with Crippen molar-refractivity contribution in [3.63, 3.8) is 0 Å². The third-order valence-corrected chi connectivity index (χ3v) is 3.23. The summed E-state index contributed by atoms with van der Waals surface area (Å²) < 4.78 is 16.2. The SMILES string of the molecule is CC(=O)N[C@H]1[C@@H]2OC[C@@H](O2)[C@@H](O)[C@@H]1O[C@H](C)C(N)=O. The van der Waals surface area contributed by atoms with E-state index in [0.717, 1.165) is 0 Å². The average Bonchev–Trinajstić information content (AvgIpc) is 2.76. The molecule has 2 bridgehead atoms. The first-order valence-corrected chi connectivity index (χ1v) is 6.07. The Kier molecular flexibility index (Phi) is 4.04. The molecule has 8 heteroatoms. The highest BCUT2D eigenvalue weighted by Crippen LogP contribution is 2.30. The maximum atomic E-state index is 11.2. The molecule has 2 heterocycles. The Morgan fingerprint density at radius 1 is 1.53 bits per heavy atom. The number of aliphatic hydroxyl groups is 1. The van der Waals surface area contributed by atoms with Crippen LogP contribution in [0, 0.1) is 0 Å². The maximum absolute atomic E-state index is 11.2. The Morgan fingerprint density at radius 2 is 2.21 bits per heavy atom. The minimum atomic E-state index is -1.00. The molecule has 108 valence electrons. The highest BCUT2D eigenvalue weighted by molar-refractivity contribution is 5.78. The van der Waals surface area contributed by atoms with E-state index in [1.807, 2.05) is 0 Å². The summed E-state index contributed by atoms with van der Waals surface area (Å²) in [4.78, 5) is 22.3. The van der Waals surface area contributed by atoms with E-state index in [4.69, 9.17) is 19.9 Å². The third kappa shape index (κ3) is 2.86. The van der Waals surface area contributed by atoms with Crippen molar-refractivity contribution in [3.05, 3.63) is 0 Å². The molecule has 2 saturated heterocycles. The molecule has 4 N–H and O–H groups in total.